The Labute approximate surface area is 305 Å². The summed E-state index contributed by atoms with van der Waals surface area (Å²) in [5.74, 6) is -0.949. The van der Waals surface area contributed by atoms with E-state index in [4.69, 9.17) is 53.4 Å². The van der Waals surface area contributed by atoms with Crippen molar-refractivity contribution in [1.82, 2.24) is 0 Å². The van der Waals surface area contributed by atoms with Crippen molar-refractivity contribution in [2.45, 2.75) is 193 Å². The van der Waals surface area contributed by atoms with Crippen LogP contribution in [0.2, 0.25) is 0 Å². The third-order valence-electron chi connectivity index (χ3n) is 14.2. The molecular weight excluding hydrogens is 672 g/mol. The number of Topliss-reactive ketones (excluding diaryl/α,β-unsaturated/α-hetero) is 1. The highest BCUT2D eigenvalue weighted by molar-refractivity contribution is 5.92. The lowest BCUT2D eigenvalue weighted by Gasteiger charge is -2.54. The second kappa shape index (κ2) is 13.1. The number of ketones is 1. The van der Waals surface area contributed by atoms with Crippen LogP contribution in [0.25, 0.3) is 0 Å². The first kappa shape index (κ1) is 35.1. The van der Waals surface area contributed by atoms with E-state index < -0.39 is 48.1 Å². The SMILES string of the molecule is C=C1C[C@@H]2CCC34C[C@H]5O[C@H]6[C@@H](O[C@H]7CC[C@@H]8CC(=O)C[C@H]9[C@H](C[C@H]%10OC(CC[C@@H]1O2)C[C@@H](C)C%10=N[C@@]7(O8)[C@@H]6O3)OC(C[C@H](O)CN)[C@@H]9OC)[C@H]5O4. The van der Waals surface area contributed by atoms with Gasteiger partial charge in [-0.25, -0.2) is 0 Å². The number of nitrogens with zero attached hydrogens (tertiary/aromatic N) is 1. The molecule has 12 heterocycles. The summed E-state index contributed by atoms with van der Waals surface area (Å²) in [6.45, 7) is 6.79. The molecule has 12 aliphatic rings. The minimum absolute atomic E-state index is 0.0147. The minimum atomic E-state index is -1.25. The lowest BCUT2D eigenvalue weighted by atomic mass is 9.79. The summed E-state index contributed by atoms with van der Waals surface area (Å²) in [6, 6.07) is 0. The summed E-state index contributed by atoms with van der Waals surface area (Å²) < 4.78 is 61.8. The highest BCUT2D eigenvalue weighted by Crippen LogP contribution is 2.58. The number of methoxy groups -OCH3 is 1. The molecule has 12 rings (SSSR count). The zero-order valence-corrected chi connectivity index (χ0v) is 30.5. The molecule has 12 aliphatic heterocycles. The number of fused-ring (bicyclic) bond motifs is 5. The molecule has 3 unspecified atom stereocenters. The van der Waals surface area contributed by atoms with Crippen molar-refractivity contribution >= 4 is 11.5 Å². The van der Waals surface area contributed by atoms with Crippen LogP contribution < -0.4 is 5.73 Å². The molecule has 19 atom stereocenters. The third-order valence-corrected chi connectivity index (χ3v) is 14.2. The first-order valence-electron chi connectivity index (χ1n) is 20.1. The average molecular weight is 729 g/mol. The van der Waals surface area contributed by atoms with Crippen LogP contribution in [0.4, 0.5) is 0 Å². The van der Waals surface area contributed by atoms with Crippen molar-refractivity contribution < 1.29 is 52.5 Å². The molecule has 0 saturated carbocycles. The highest BCUT2D eigenvalue weighted by atomic mass is 16.8. The van der Waals surface area contributed by atoms with Gasteiger partial charge in [0.2, 0.25) is 5.72 Å². The van der Waals surface area contributed by atoms with Gasteiger partial charge in [-0.1, -0.05) is 13.5 Å². The number of aliphatic hydroxyl groups excluding tert-OH is 1. The zero-order valence-electron chi connectivity index (χ0n) is 30.5. The quantitative estimate of drug-likeness (QED) is 0.409. The number of hydrogen-bond acceptors (Lipinski definition) is 13. The maximum Gasteiger partial charge on any atom is 0.214 e. The number of aliphatic imine (C=N–C) groups is 1. The van der Waals surface area contributed by atoms with Crippen molar-refractivity contribution in [3.63, 3.8) is 0 Å². The third kappa shape index (κ3) is 5.66. The van der Waals surface area contributed by atoms with Crippen LogP contribution >= 0.6 is 0 Å². The molecule has 0 aliphatic carbocycles. The maximum atomic E-state index is 14.1. The molecule has 13 bridgehead atoms. The predicted octanol–water partition coefficient (Wildman–Crippen LogP) is 2.66. The van der Waals surface area contributed by atoms with Gasteiger partial charge in [0.1, 0.15) is 36.3 Å². The summed E-state index contributed by atoms with van der Waals surface area (Å²) in [5.41, 5.74) is 6.64. The Hall–Kier alpha value is -1.36. The fraction of sp³-hybridized carbons (Fsp3) is 0.897. The van der Waals surface area contributed by atoms with Crippen LogP contribution in [-0.4, -0.2) is 133 Å². The fourth-order valence-corrected chi connectivity index (χ4v) is 11.8. The van der Waals surface area contributed by atoms with E-state index in [0.29, 0.717) is 38.5 Å². The van der Waals surface area contributed by atoms with Gasteiger partial charge in [0.15, 0.2) is 5.79 Å². The molecule has 288 valence electrons. The summed E-state index contributed by atoms with van der Waals surface area (Å²) in [4.78, 5) is 19.8. The molecule has 0 aromatic heterocycles. The number of ether oxygens (including phenoxy) is 9. The molecule has 0 amide bonds. The second-order valence-corrected chi connectivity index (χ2v) is 17.6. The predicted molar refractivity (Wildman–Crippen MR) is 184 cm³/mol. The molecule has 52 heavy (non-hydrogen) atoms. The average Bonchev–Trinajstić information content (AvgIpc) is 3.78. The number of carbonyl (C=O) groups excluding carboxylic acids is 1. The first-order chi connectivity index (χ1) is 25.1. The van der Waals surface area contributed by atoms with Gasteiger partial charge in [-0.3, -0.25) is 9.79 Å². The molecule has 0 aromatic rings. The Morgan fingerprint density at radius 1 is 0.904 bits per heavy atom. The Bertz CT molecular complexity index is 1460. The summed E-state index contributed by atoms with van der Waals surface area (Å²) in [5, 5.41) is 10.6. The first-order valence-corrected chi connectivity index (χ1v) is 20.1. The van der Waals surface area contributed by atoms with Crippen molar-refractivity contribution in [2.75, 3.05) is 13.7 Å². The number of nitrogens with two attached hydrogens (primary N) is 1. The van der Waals surface area contributed by atoms with Gasteiger partial charge in [-0.05, 0) is 56.4 Å². The largest absolute Gasteiger partial charge is 0.392 e. The standard InChI is InChI=1S/C39H56N2O11/c1-18-10-23-8-9-38-16-30-34(51-38)35-36(48-30)37(52-38)39-31(49-35)7-5-24(50-39)12-20(42)13-25-27(47-29(33(25)44-3)14-21(43)17-40)15-28-32(41-39)19(2)11-22(46-28)4-6-26(18)45-23/h19,21-31,33-37,43H,1,4-17,40H2,2-3H3/t19-,21+,22?,23+,24-,25+,26+,27+,28-,29?,30-,31+,33-,34+,35+,36+,37-,38?,39+/m1/s1. The molecule has 3 N–H and O–H groups in total. The number of rotatable bonds is 4. The molecule has 13 nitrogen and oxygen atoms in total. The van der Waals surface area contributed by atoms with E-state index in [0.717, 1.165) is 43.4 Å². The van der Waals surface area contributed by atoms with Crippen LogP contribution in [0.15, 0.2) is 17.1 Å². The summed E-state index contributed by atoms with van der Waals surface area (Å²) in [6.07, 6.45) is 3.31. The van der Waals surface area contributed by atoms with Gasteiger partial charge >= 0.3 is 0 Å². The van der Waals surface area contributed by atoms with Crippen molar-refractivity contribution in [3.05, 3.63) is 12.2 Å². The molecule has 9 saturated heterocycles. The van der Waals surface area contributed by atoms with Crippen molar-refractivity contribution in [3.8, 4) is 0 Å². The minimum Gasteiger partial charge on any atom is -0.392 e. The molecular formula is C39H56N2O11. The van der Waals surface area contributed by atoms with Gasteiger partial charge in [-0.15, -0.1) is 0 Å². The van der Waals surface area contributed by atoms with E-state index in [1.807, 2.05) is 0 Å². The van der Waals surface area contributed by atoms with Crippen LogP contribution in [0.3, 0.4) is 0 Å². The normalized spacial score (nSPS) is 54.3. The van der Waals surface area contributed by atoms with Gasteiger partial charge in [-0.2, -0.15) is 0 Å². The van der Waals surface area contributed by atoms with E-state index in [1.54, 1.807) is 7.11 Å². The summed E-state index contributed by atoms with van der Waals surface area (Å²) >= 11 is 0. The highest BCUT2D eigenvalue weighted by Gasteiger charge is 2.73. The van der Waals surface area contributed by atoms with Crippen molar-refractivity contribution in [2.24, 2.45) is 22.6 Å². The smallest absolute Gasteiger partial charge is 0.214 e. The van der Waals surface area contributed by atoms with Gasteiger partial charge in [0.25, 0.3) is 0 Å². The van der Waals surface area contributed by atoms with E-state index in [-0.39, 0.29) is 91.9 Å². The fourth-order valence-electron chi connectivity index (χ4n) is 11.8. The molecule has 9 fully saturated rings. The van der Waals surface area contributed by atoms with Gasteiger partial charge < -0.3 is 53.5 Å². The second-order valence-electron chi connectivity index (χ2n) is 17.6. The Morgan fingerprint density at radius 2 is 1.75 bits per heavy atom. The molecule has 0 aromatic carbocycles. The van der Waals surface area contributed by atoms with Crippen LogP contribution in [0.5, 0.6) is 0 Å². The van der Waals surface area contributed by atoms with Crippen LogP contribution in [-0.2, 0) is 47.4 Å². The molecule has 2 spiro atoms. The van der Waals surface area contributed by atoms with E-state index in [1.165, 1.54) is 0 Å². The lowest BCUT2D eigenvalue weighted by molar-refractivity contribution is -0.330. The Kier molecular flexibility index (Phi) is 8.85. The monoisotopic (exact) mass is 728 g/mol. The number of carbonyl (C=O) groups is 1. The van der Waals surface area contributed by atoms with Gasteiger partial charge in [0.05, 0.1) is 61.0 Å². The Balaban J connectivity index is 1.09. The number of aliphatic hydroxyl groups is 1. The molecule has 13 heteroatoms. The topological polar surface area (TPSA) is 159 Å². The summed E-state index contributed by atoms with van der Waals surface area (Å²) in [7, 11) is 1.66. The van der Waals surface area contributed by atoms with Crippen LogP contribution in [0.1, 0.15) is 90.4 Å². The maximum absolute atomic E-state index is 14.1. The molecule has 0 radical (unpaired) electrons. The van der Waals surface area contributed by atoms with Gasteiger partial charge in [0, 0.05) is 63.8 Å². The van der Waals surface area contributed by atoms with Crippen LogP contribution in [0, 0.1) is 11.8 Å². The van der Waals surface area contributed by atoms with E-state index >= 15 is 0 Å². The Morgan fingerprint density at radius 3 is 2.60 bits per heavy atom. The number of hydrogen-bond donors (Lipinski definition) is 2. The lowest BCUT2D eigenvalue weighted by Crippen LogP contribution is -2.70. The zero-order chi connectivity index (χ0) is 35.5. The van der Waals surface area contributed by atoms with E-state index in [9.17, 15) is 9.90 Å². The van der Waals surface area contributed by atoms with Crippen molar-refractivity contribution in [1.29, 1.82) is 0 Å². The van der Waals surface area contributed by atoms with E-state index in [2.05, 4.69) is 13.5 Å².